The van der Waals surface area contributed by atoms with Crippen molar-refractivity contribution in [3.63, 3.8) is 0 Å². The van der Waals surface area contributed by atoms with Gasteiger partial charge in [0.05, 0.1) is 12.4 Å². The highest BCUT2D eigenvalue weighted by atomic mass is 35.5. The molecule has 0 radical (unpaired) electrons. The second-order valence-electron chi connectivity index (χ2n) is 4.69. The van der Waals surface area contributed by atoms with Crippen LogP contribution in [0.1, 0.15) is 23.1 Å². The molecule has 8 nitrogen and oxygen atoms in total. The third kappa shape index (κ3) is 2.93. The number of fused-ring (bicyclic) bond motifs is 2. The zero-order valence-electron chi connectivity index (χ0n) is 11.2. The van der Waals surface area contributed by atoms with E-state index in [9.17, 15) is 9.59 Å². The van der Waals surface area contributed by atoms with Crippen molar-refractivity contribution in [1.82, 2.24) is 19.6 Å². The van der Waals surface area contributed by atoms with Crippen LogP contribution in [0.25, 0.3) is 0 Å². The van der Waals surface area contributed by atoms with Crippen LogP contribution in [0.4, 0.5) is 11.6 Å². The zero-order valence-corrected chi connectivity index (χ0v) is 12.8. The van der Waals surface area contributed by atoms with Crippen LogP contribution in [0.2, 0.25) is 0 Å². The number of amides is 1. The van der Waals surface area contributed by atoms with Crippen molar-refractivity contribution in [1.29, 1.82) is 0 Å². The summed E-state index contributed by atoms with van der Waals surface area (Å²) in [5.74, 6) is 0.777. The predicted molar refractivity (Wildman–Crippen MR) is 81.1 cm³/mol. The summed E-state index contributed by atoms with van der Waals surface area (Å²) < 4.78 is 2.90. The van der Waals surface area contributed by atoms with Gasteiger partial charge in [-0.1, -0.05) is 23.2 Å². The van der Waals surface area contributed by atoms with Gasteiger partial charge in [0.2, 0.25) is 5.91 Å². The molecule has 2 N–H and O–H groups in total. The molecule has 2 aromatic rings. The van der Waals surface area contributed by atoms with E-state index in [1.165, 1.54) is 10.9 Å². The molecule has 0 spiro atoms. The first-order valence-corrected chi connectivity index (χ1v) is 7.37. The Labute approximate surface area is 135 Å². The fraction of sp³-hybridized carbons (Fsp3) is 0.333. The van der Waals surface area contributed by atoms with Gasteiger partial charge in [0.25, 0.3) is 5.91 Å². The van der Waals surface area contributed by atoms with Crippen molar-refractivity contribution in [2.45, 2.75) is 23.8 Å². The van der Waals surface area contributed by atoms with Crippen molar-refractivity contribution in [3.05, 3.63) is 24.5 Å². The number of aromatic nitrogens is 4. The summed E-state index contributed by atoms with van der Waals surface area (Å²) in [6.07, 6.45) is 3.75. The highest BCUT2D eigenvalue weighted by Crippen LogP contribution is 2.30. The molecule has 2 aromatic heterocycles. The molecular weight excluding hydrogens is 331 g/mol. The molecule has 116 valence electrons. The van der Waals surface area contributed by atoms with Crippen molar-refractivity contribution in [2.24, 2.45) is 0 Å². The minimum atomic E-state index is -0.284. The summed E-state index contributed by atoms with van der Waals surface area (Å²) in [7, 11) is 0. The Balaban J connectivity index is 0.000000131. The Hall–Kier alpha value is -2.06. The molecule has 0 saturated heterocycles. The minimum Gasteiger partial charge on any atom is -0.354 e. The van der Waals surface area contributed by atoms with Gasteiger partial charge >= 0.3 is 0 Å². The van der Waals surface area contributed by atoms with Crippen molar-refractivity contribution >= 4 is 46.7 Å². The van der Waals surface area contributed by atoms with Crippen molar-refractivity contribution in [2.75, 3.05) is 10.6 Å². The Bertz CT molecular complexity index is 712. The lowest BCUT2D eigenvalue weighted by Gasteiger charge is -2.24. The standard InChI is InChI=1S/C6H7Cl2N3.C6H5N3O2/c7-4-3-5(8)11-6(10-4)1-2-9-11;10-5-3-6(11)9-4(8-5)1-2-7-9/h1-2,4-5,10H,3H2;1-2H,3H2,(H,8,10). The number of hydrogen-bond donors (Lipinski definition) is 2. The summed E-state index contributed by atoms with van der Waals surface area (Å²) in [4.78, 5) is 21.8. The number of nitrogens with zero attached hydrogens (tertiary/aromatic N) is 4. The van der Waals surface area contributed by atoms with E-state index >= 15 is 0 Å². The highest BCUT2D eigenvalue weighted by molar-refractivity contribution is 6.24. The van der Waals surface area contributed by atoms with E-state index < -0.39 is 0 Å². The number of halogens is 2. The summed E-state index contributed by atoms with van der Waals surface area (Å²) in [5.41, 5.74) is -0.203. The normalized spacial score (nSPS) is 22.6. The quantitative estimate of drug-likeness (QED) is 0.433. The van der Waals surface area contributed by atoms with Crippen LogP contribution < -0.4 is 10.6 Å². The lowest BCUT2D eigenvalue weighted by molar-refractivity contribution is -0.115. The average Bonchev–Trinajstić information content (AvgIpc) is 3.07. The number of nitrogens with one attached hydrogen (secondary N) is 2. The first kappa shape index (κ1) is 14.9. The third-order valence-electron chi connectivity index (χ3n) is 3.10. The maximum atomic E-state index is 11.0. The highest BCUT2D eigenvalue weighted by Gasteiger charge is 2.23. The maximum Gasteiger partial charge on any atom is 0.258 e. The van der Waals surface area contributed by atoms with Gasteiger partial charge in [-0.15, -0.1) is 0 Å². The van der Waals surface area contributed by atoms with Gasteiger partial charge in [0, 0.05) is 18.6 Å². The minimum absolute atomic E-state index is 0.0818. The van der Waals surface area contributed by atoms with E-state index in [1.807, 2.05) is 6.07 Å². The lowest BCUT2D eigenvalue weighted by Crippen LogP contribution is -2.29. The first-order chi connectivity index (χ1) is 10.5. The van der Waals surface area contributed by atoms with Gasteiger partial charge < -0.3 is 10.6 Å². The van der Waals surface area contributed by atoms with Crippen LogP contribution in [0, 0.1) is 0 Å². The van der Waals surface area contributed by atoms with Gasteiger partial charge in [0.1, 0.15) is 29.1 Å². The van der Waals surface area contributed by atoms with Gasteiger partial charge in [-0.05, 0) is 0 Å². The molecule has 10 heteroatoms. The van der Waals surface area contributed by atoms with Gasteiger partial charge in [0.15, 0.2) is 0 Å². The van der Waals surface area contributed by atoms with Crippen molar-refractivity contribution in [3.8, 4) is 0 Å². The number of anilines is 2. The molecule has 0 fully saturated rings. The van der Waals surface area contributed by atoms with E-state index in [2.05, 4.69) is 20.8 Å². The second-order valence-corrected chi connectivity index (χ2v) is 5.72. The van der Waals surface area contributed by atoms with E-state index in [0.717, 1.165) is 5.82 Å². The zero-order chi connectivity index (χ0) is 15.7. The molecule has 22 heavy (non-hydrogen) atoms. The van der Waals surface area contributed by atoms with Crippen LogP contribution in [0.15, 0.2) is 24.5 Å². The molecule has 0 aromatic carbocycles. The molecule has 0 aliphatic carbocycles. The SMILES string of the molecule is ClC1CC(Cl)n2nccc2N1.O=C1CC(=O)n2nccc2N1. The summed E-state index contributed by atoms with van der Waals surface area (Å²) in [6, 6.07) is 3.43. The van der Waals surface area contributed by atoms with Crippen molar-refractivity contribution < 1.29 is 9.59 Å². The number of carbonyl (C=O) groups excluding carboxylic acids is 2. The molecule has 2 atom stereocenters. The fourth-order valence-electron chi connectivity index (χ4n) is 2.14. The van der Waals surface area contributed by atoms with Crippen LogP contribution in [-0.4, -0.2) is 36.9 Å². The smallest absolute Gasteiger partial charge is 0.258 e. The molecule has 0 bridgehead atoms. The van der Waals surface area contributed by atoms with Crippen LogP contribution in [0.3, 0.4) is 0 Å². The topological polar surface area (TPSA) is 93.8 Å². The molecule has 4 rings (SSSR count). The third-order valence-corrected chi connectivity index (χ3v) is 3.75. The molecule has 1 amide bonds. The van der Waals surface area contributed by atoms with Crippen LogP contribution in [-0.2, 0) is 4.79 Å². The number of carbonyl (C=O) groups is 2. The Morgan fingerprint density at radius 1 is 1.14 bits per heavy atom. The Kier molecular flexibility index (Phi) is 4.04. The molecule has 2 unspecified atom stereocenters. The fourth-order valence-corrected chi connectivity index (χ4v) is 2.84. The predicted octanol–water partition coefficient (Wildman–Crippen LogP) is 1.87. The second kappa shape index (κ2) is 5.98. The van der Waals surface area contributed by atoms with Gasteiger partial charge in [-0.3, -0.25) is 9.59 Å². The van der Waals surface area contributed by atoms with Gasteiger partial charge in [-0.2, -0.15) is 14.9 Å². The van der Waals surface area contributed by atoms with Crippen LogP contribution in [0.5, 0.6) is 0 Å². The Morgan fingerprint density at radius 2 is 1.86 bits per heavy atom. The van der Waals surface area contributed by atoms with E-state index in [4.69, 9.17) is 23.2 Å². The summed E-state index contributed by atoms with van der Waals surface area (Å²) in [6.45, 7) is 0. The summed E-state index contributed by atoms with van der Waals surface area (Å²) in [5, 5.41) is 13.3. The van der Waals surface area contributed by atoms with E-state index in [1.54, 1.807) is 16.9 Å². The molecule has 2 aliphatic rings. The van der Waals surface area contributed by atoms with E-state index in [-0.39, 0.29) is 29.2 Å². The molecule has 2 aliphatic heterocycles. The molecule has 4 heterocycles. The first-order valence-electron chi connectivity index (χ1n) is 6.50. The number of alkyl halides is 2. The largest absolute Gasteiger partial charge is 0.354 e. The number of rotatable bonds is 0. The Morgan fingerprint density at radius 3 is 2.68 bits per heavy atom. The summed E-state index contributed by atoms with van der Waals surface area (Å²) >= 11 is 11.8. The lowest BCUT2D eigenvalue weighted by atomic mass is 10.3. The number of hydrogen-bond acceptors (Lipinski definition) is 5. The molecule has 0 saturated carbocycles. The monoisotopic (exact) mass is 342 g/mol. The van der Waals surface area contributed by atoms with Crippen LogP contribution >= 0.6 is 23.2 Å². The van der Waals surface area contributed by atoms with E-state index in [0.29, 0.717) is 12.2 Å². The average molecular weight is 343 g/mol. The maximum absolute atomic E-state index is 11.0. The van der Waals surface area contributed by atoms with Gasteiger partial charge in [-0.25, -0.2) is 4.68 Å². The molecular formula is C12H12Cl2N6O2.